The number of ether oxygens (including phenoxy) is 1. The first kappa shape index (κ1) is 23.4. The molecule has 1 aromatic carbocycles. The Labute approximate surface area is 176 Å². The molecule has 27 heavy (non-hydrogen) atoms. The van der Waals surface area contributed by atoms with Crippen molar-refractivity contribution in [1.82, 2.24) is 0 Å². The van der Waals surface area contributed by atoms with Crippen LogP contribution in [0.5, 0.6) is 0 Å². The fourth-order valence-electron chi connectivity index (χ4n) is 3.65. The zero-order valence-electron chi connectivity index (χ0n) is 18.6. The van der Waals surface area contributed by atoms with E-state index in [9.17, 15) is 0 Å². The molecular weight excluding hydrogens is 391 g/mol. The van der Waals surface area contributed by atoms with Crippen molar-refractivity contribution in [2.24, 2.45) is 0 Å². The van der Waals surface area contributed by atoms with Crippen LogP contribution in [0, 0.1) is 0 Å². The van der Waals surface area contributed by atoms with Gasteiger partial charge in [0.2, 0.25) is 0 Å². The summed E-state index contributed by atoms with van der Waals surface area (Å²) in [5, 5.41) is 1.32. The molecule has 0 aromatic heterocycles. The minimum absolute atomic E-state index is 0.0229. The first-order valence-corrected chi connectivity index (χ1v) is 14.3. The Bertz CT molecular complexity index is 733. The summed E-state index contributed by atoms with van der Waals surface area (Å²) < 4.78 is 11.9. The van der Waals surface area contributed by atoms with Gasteiger partial charge in [-0.1, -0.05) is 83.8 Å². The molecule has 1 unspecified atom stereocenters. The van der Waals surface area contributed by atoms with E-state index in [-0.39, 0.29) is 16.2 Å². The number of benzene rings is 1. The number of methoxy groups -OCH3 is 1. The molecule has 0 bridgehead atoms. The van der Waals surface area contributed by atoms with Crippen LogP contribution in [0.3, 0.4) is 0 Å². The average Bonchev–Trinajstić information content (AvgIpc) is 2.67. The monoisotopic (exact) mass is 428 g/mol. The molecule has 2 nitrogen and oxygen atoms in total. The highest BCUT2D eigenvalue weighted by Crippen LogP contribution is 2.62. The SMILES string of the molecule is COCCC(C)(C)c1cc(C(C)(C)C)cc2c1P(=S)(SC)OCCC2(C)C. The predicted octanol–water partition coefficient (Wildman–Crippen LogP) is 6.29. The first-order valence-electron chi connectivity index (χ1n) is 9.78. The van der Waals surface area contributed by atoms with E-state index in [1.807, 2.05) is 0 Å². The number of hydrogen-bond acceptors (Lipinski definition) is 4. The van der Waals surface area contributed by atoms with E-state index in [1.54, 1.807) is 18.5 Å². The molecule has 0 saturated heterocycles. The van der Waals surface area contributed by atoms with E-state index in [4.69, 9.17) is 21.1 Å². The fraction of sp³-hybridized carbons (Fsp3) is 0.727. The van der Waals surface area contributed by atoms with Gasteiger partial charge in [0.05, 0.1) is 6.61 Å². The molecule has 0 fully saturated rings. The average molecular weight is 429 g/mol. The molecule has 5 heteroatoms. The Balaban J connectivity index is 2.91. The van der Waals surface area contributed by atoms with Crippen molar-refractivity contribution < 1.29 is 9.26 Å². The summed E-state index contributed by atoms with van der Waals surface area (Å²) in [6, 6.07) is 4.84. The van der Waals surface area contributed by atoms with Crippen molar-refractivity contribution in [1.29, 1.82) is 0 Å². The van der Waals surface area contributed by atoms with Crippen molar-refractivity contribution in [3.63, 3.8) is 0 Å². The van der Waals surface area contributed by atoms with Crippen LogP contribution < -0.4 is 5.30 Å². The Hall–Kier alpha value is 0.140. The van der Waals surface area contributed by atoms with Crippen molar-refractivity contribution in [2.45, 2.75) is 77.6 Å². The van der Waals surface area contributed by atoms with Gasteiger partial charge in [-0.15, -0.1) is 0 Å². The second-order valence-electron chi connectivity index (χ2n) is 9.94. The van der Waals surface area contributed by atoms with E-state index in [2.05, 4.69) is 66.9 Å². The standard InChI is InChI=1S/C22H37O2PS2/c1-20(2,3)16-14-17(21(4,5)10-12-23-8)19-18(15-16)22(6,7)11-13-24-25(19,26)27-9/h14-15H,10-13H2,1-9H3. The van der Waals surface area contributed by atoms with Crippen LogP contribution in [-0.4, -0.2) is 26.6 Å². The van der Waals surface area contributed by atoms with Crippen molar-refractivity contribution in [3.8, 4) is 0 Å². The third-order valence-corrected chi connectivity index (χ3v) is 12.4. The zero-order valence-corrected chi connectivity index (χ0v) is 21.1. The van der Waals surface area contributed by atoms with Crippen molar-refractivity contribution in [2.75, 3.05) is 26.6 Å². The molecular formula is C22H37O2PS2. The van der Waals surface area contributed by atoms with Gasteiger partial charge in [0, 0.05) is 19.0 Å². The first-order chi connectivity index (χ1) is 12.3. The summed E-state index contributed by atoms with van der Waals surface area (Å²) in [5.41, 5.74) is 2.15. The zero-order chi connectivity index (χ0) is 20.7. The number of rotatable bonds is 5. The summed E-state index contributed by atoms with van der Waals surface area (Å²) in [6.45, 7) is 17.7. The molecule has 1 atom stereocenters. The van der Waals surface area contributed by atoms with Crippen LogP contribution in [-0.2, 0) is 37.3 Å². The van der Waals surface area contributed by atoms with Crippen LogP contribution in [0.2, 0.25) is 0 Å². The van der Waals surface area contributed by atoms with Crippen LogP contribution in [0.25, 0.3) is 0 Å². The van der Waals surface area contributed by atoms with Crippen molar-refractivity contribution in [3.05, 3.63) is 28.8 Å². The minimum Gasteiger partial charge on any atom is -0.385 e. The fourth-order valence-corrected chi connectivity index (χ4v) is 8.21. The van der Waals surface area contributed by atoms with Gasteiger partial charge in [-0.25, -0.2) is 0 Å². The van der Waals surface area contributed by atoms with Crippen LogP contribution in [0.15, 0.2) is 12.1 Å². The largest absolute Gasteiger partial charge is 0.385 e. The van der Waals surface area contributed by atoms with E-state index in [0.29, 0.717) is 0 Å². The molecule has 1 aliphatic heterocycles. The van der Waals surface area contributed by atoms with Crippen LogP contribution in [0.4, 0.5) is 0 Å². The van der Waals surface area contributed by atoms with E-state index < -0.39 is 5.47 Å². The molecule has 0 amide bonds. The molecule has 1 aromatic rings. The molecule has 0 N–H and O–H groups in total. The van der Waals surface area contributed by atoms with Crippen molar-refractivity contribution >= 4 is 34.0 Å². The molecule has 154 valence electrons. The summed E-state index contributed by atoms with van der Waals surface area (Å²) in [5.74, 6) is 0. The maximum Gasteiger partial charge on any atom is 0.148 e. The lowest BCUT2D eigenvalue weighted by atomic mass is 9.72. The van der Waals surface area contributed by atoms with Gasteiger partial charge in [-0.05, 0) is 52.0 Å². The van der Waals surface area contributed by atoms with E-state index in [1.165, 1.54) is 22.0 Å². The normalized spacial score (nSPS) is 23.0. The summed E-state index contributed by atoms with van der Waals surface area (Å²) >= 11 is 7.97. The molecule has 0 spiro atoms. The second-order valence-corrected chi connectivity index (χ2v) is 16.9. The predicted molar refractivity (Wildman–Crippen MR) is 126 cm³/mol. The van der Waals surface area contributed by atoms with Gasteiger partial charge in [-0.3, -0.25) is 0 Å². The van der Waals surface area contributed by atoms with Gasteiger partial charge < -0.3 is 9.26 Å². The third-order valence-electron chi connectivity index (χ3n) is 5.87. The third kappa shape index (κ3) is 4.83. The van der Waals surface area contributed by atoms with Crippen LogP contribution >= 0.6 is 16.8 Å². The quantitative estimate of drug-likeness (QED) is 0.513. The Kier molecular flexibility index (Phi) is 7.03. The summed E-state index contributed by atoms with van der Waals surface area (Å²) in [7, 11) is 1.78. The Morgan fingerprint density at radius 3 is 2.37 bits per heavy atom. The van der Waals surface area contributed by atoms with E-state index >= 15 is 0 Å². The molecule has 0 aliphatic carbocycles. The topological polar surface area (TPSA) is 18.5 Å². The highest BCUT2D eigenvalue weighted by molar-refractivity contribution is 8.71. The van der Waals surface area contributed by atoms with Gasteiger partial charge in [0.15, 0.2) is 0 Å². The lowest BCUT2D eigenvalue weighted by molar-refractivity contribution is 0.174. The molecule has 2 rings (SSSR count). The molecule has 1 heterocycles. The number of fused-ring (bicyclic) bond motifs is 1. The minimum atomic E-state index is -2.14. The second kappa shape index (κ2) is 8.11. The molecule has 0 radical (unpaired) electrons. The molecule has 0 saturated carbocycles. The molecule has 1 aliphatic rings. The summed E-state index contributed by atoms with van der Waals surface area (Å²) in [4.78, 5) is 0. The highest BCUT2D eigenvalue weighted by Gasteiger charge is 2.40. The van der Waals surface area contributed by atoms with Gasteiger partial charge in [0.1, 0.15) is 5.47 Å². The Morgan fingerprint density at radius 1 is 1.22 bits per heavy atom. The van der Waals surface area contributed by atoms with Gasteiger partial charge in [-0.2, -0.15) is 0 Å². The smallest absolute Gasteiger partial charge is 0.148 e. The lowest BCUT2D eigenvalue weighted by Gasteiger charge is -2.37. The highest BCUT2D eigenvalue weighted by atomic mass is 32.9. The Morgan fingerprint density at radius 2 is 1.85 bits per heavy atom. The maximum absolute atomic E-state index is 6.43. The van der Waals surface area contributed by atoms with Crippen LogP contribution in [0.1, 0.15) is 78.0 Å². The van der Waals surface area contributed by atoms with E-state index in [0.717, 1.165) is 26.1 Å². The number of hydrogen-bond donors (Lipinski definition) is 0. The van der Waals surface area contributed by atoms with Gasteiger partial charge in [0.25, 0.3) is 0 Å². The maximum atomic E-state index is 6.43. The lowest BCUT2D eigenvalue weighted by Crippen LogP contribution is -2.34. The van der Waals surface area contributed by atoms with Gasteiger partial charge >= 0.3 is 0 Å². The summed E-state index contributed by atoms with van der Waals surface area (Å²) in [6.07, 6.45) is 4.09.